The molecule has 3 rings (SSSR count). The van der Waals surface area contributed by atoms with Crippen LogP contribution in [0.5, 0.6) is 0 Å². The van der Waals surface area contributed by atoms with E-state index in [0.717, 1.165) is 13.0 Å². The van der Waals surface area contributed by atoms with Crippen LogP contribution in [0.25, 0.3) is 10.8 Å². The maximum atomic E-state index is 13.6. The van der Waals surface area contributed by atoms with Crippen LogP contribution in [0.3, 0.4) is 0 Å². The largest absolute Gasteiger partial charge is 0.442 e. The molecule has 0 unspecified atom stereocenters. The number of amides is 1. The molecule has 0 spiro atoms. The lowest BCUT2D eigenvalue weighted by Crippen LogP contribution is -2.51. The van der Waals surface area contributed by atoms with Gasteiger partial charge in [0.05, 0.1) is 5.69 Å². The zero-order valence-electron chi connectivity index (χ0n) is 11.3. The number of alkyl halides is 3. The highest BCUT2D eigenvalue weighted by molar-refractivity contribution is 6.13. The number of esters is 1. The summed E-state index contributed by atoms with van der Waals surface area (Å²) in [4.78, 5) is 23.2. The van der Waals surface area contributed by atoms with Crippen LogP contribution >= 0.6 is 0 Å². The van der Waals surface area contributed by atoms with E-state index in [1.165, 1.54) is 6.07 Å². The van der Waals surface area contributed by atoms with Crippen LogP contribution in [0.4, 0.5) is 18.9 Å². The van der Waals surface area contributed by atoms with Crippen molar-refractivity contribution in [3.8, 4) is 0 Å². The zero-order chi connectivity index (χ0) is 16.1. The maximum Gasteiger partial charge on any atom is 0.442 e. The van der Waals surface area contributed by atoms with Crippen molar-refractivity contribution >= 4 is 28.3 Å². The number of halogens is 3. The predicted octanol–water partition coefficient (Wildman–Crippen LogP) is 3.11. The molecule has 22 heavy (non-hydrogen) atoms. The number of anilines is 1. The highest BCUT2D eigenvalue weighted by Gasteiger charge is 2.68. The minimum absolute atomic E-state index is 0.0154. The van der Waals surface area contributed by atoms with Gasteiger partial charge < -0.3 is 10.1 Å². The third kappa shape index (κ3) is 1.78. The normalized spacial score (nSPS) is 20.6. The molecule has 1 aliphatic rings. The maximum absolute atomic E-state index is 13.6. The summed E-state index contributed by atoms with van der Waals surface area (Å²) < 4.78 is 45.2. The first-order valence-corrected chi connectivity index (χ1v) is 6.37. The van der Waals surface area contributed by atoms with Crippen LogP contribution in [0.1, 0.15) is 12.5 Å². The van der Waals surface area contributed by atoms with Gasteiger partial charge in [0.1, 0.15) is 0 Å². The molecule has 0 radical (unpaired) electrons. The van der Waals surface area contributed by atoms with Crippen molar-refractivity contribution in [1.29, 1.82) is 0 Å². The SMILES string of the molecule is CC(=O)O[C@@]1(C(F)(F)F)C(=O)Nc2c1ccc1ccccc21. The molecule has 1 heterocycles. The van der Waals surface area contributed by atoms with Gasteiger partial charge in [0.2, 0.25) is 0 Å². The number of ether oxygens (including phenoxy) is 1. The molecule has 0 aliphatic carbocycles. The number of fused-ring (bicyclic) bond motifs is 3. The first-order chi connectivity index (χ1) is 10.3. The number of hydrogen-bond acceptors (Lipinski definition) is 3. The zero-order valence-corrected chi connectivity index (χ0v) is 11.3. The summed E-state index contributed by atoms with van der Waals surface area (Å²) in [6.07, 6.45) is -5.07. The van der Waals surface area contributed by atoms with Gasteiger partial charge in [0.25, 0.3) is 5.91 Å². The van der Waals surface area contributed by atoms with Crippen LogP contribution in [-0.4, -0.2) is 18.1 Å². The van der Waals surface area contributed by atoms with Crippen molar-refractivity contribution in [2.75, 3.05) is 5.32 Å². The van der Waals surface area contributed by atoms with E-state index in [-0.39, 0.29) is 5.69 Å². The number of nitrogens with one attached hydrogen (secondary N) is 1. The monoisotopic (exact) mass is 309 g/mol. The second-order valence-electron chi connectivity index (χ2n) is 4.94. The molecule has 0 bridgehead atoms. The Balaban J connectivity index is 2.34. The highest BCUT2D eigenvalue weighted by Crippen LogP contribution is 2.51. The van der Waals surface area contributed by atoms with E-state index >= 15 is 0 Å². The molecule has 4 nitrogen and oxygen atoms in total. The molecular formula is C15H10F3NO3. The number of benzene rings is 2. The van der Waals surface area contributed by atoms with Crippen molar-refractivity contribution in [1.82, 2.24) is 0 Å². The van der Waals surface area contributed by atoms with Gasteiger partial charge in [0.15, 0.2) is 0 Å². The van der Waals surface area contributed by atoms with E-state index in [1.807, 2.05) is 0 Å². The highest BCUT2D eigenvalue weighted by atomic mass is 19.4. The number of rotatable bonds is 1. The summed E-state index contributed by atoms with van der Waals surface area (Å²) in [5, 5.41) is 3.33. The minimum atomic E-state index is -5.07. The first kappa shape index (κ1) is 14.4. The number of carbonyl (C=O) groups is 2. The Kier molecular flexibility index (Phi) is 2.91. The average molecular weight is 309 g/mol. The van der Waals surface area contributed by atoms with Crippen molar-refractivity contribution in [2.24, 2.45) is 0 Å². The lowest BCUT2D eigenvalue weighted by Gasteiger charge is -2.29. The molecule has 114 valence electrons. The Hall–Kier alpha value is -2.57. The molecule has 1 atom stereocenters. The lowest BCUT2D eigenvalue weighted by atomic mass is 9.92. The Labute approximate surface area is 122 Å². The van der Waals surface area contributed by atoms with Gasteiger partial charge in [-0.2, -0.15) is 13.2 Å². The van der Waals surface area contributed by atoms with Crippen molar-refractivity contribution in [2.45, 2.75) is 18.7 Å². The Morgan fingerprint density at radius 1 is 1.18 bits per heavy atom. The molecule has 0 fully saturated rings. The third-order valence-corrected chi connectivity index (χ3v) is 3.56. The Bertz CT molecular complexity index is 800. The fourth-order valence-electron chi connectivity index (χ4n) is 2.68. The van der Waals surface area contributed by atoms with Gasteiger partial charge in [0, 0.05) is 17.9 Å². The summed E-state index contributed by atoms with van der Waals surface area (Å²) in [6.45, 7) is 0.833. The summed E-state index contributed by atoms with van der Waals surface area (Å²) in [6, 6.07) is 9.29. The fraction of sp³-hybridized carbons (Fsp3) is 0.200. The van der Waals surface area contributed by atoms with Gasteiger partial charge >= 0.3 is 17.7 Å². The smallest absolute Gasteiger partial charge is 0.434 e. The topological polar surface area (TPSA) is 55.4 Å². The van der Waals surface area contributed by atoms with E-state index < -0.39 is 29.2 Å². The first-order valence-electron chi connectivity index (χ1n) is 6.37. The molecule has 0 aromatic heterocycles. The van der Waals surface area contributed by atoms with E-state index in [9.17, 15) is 22.8 Å². The van der Waals surface area contributed by atoms with Gasteiger partial charge in [-0.25, -0.2) is 0 Å². The van der Waals surface area contributed by atoms with E-state index in [0.29, 0.717) is 10.8 Å². The van der Waals surface area contributed by atoms with Crippen molar-refractivity contribution in [3.63, 3.8) is 0 Å². The number of carbonyl (C=O) groups excluding carboxylic acids is 2. The van der Waals surface area contributed by atoms with Crippen LogP contribution < -0.4 is 5.32 Å². The molecule has 2 aromatic rings. The van der Waals surface area contributed by atoms with E-state index in [4.69, 9.17) is 0 Å². The van der Waals surface area contributed by atoms with Gasteiger partial charge in [-0.3, -0.25) is 9.59 Å². The fourth-order valence-corrected chi connectivity index (χ4v) is 2.68. The second kappa shape index (κ2) is 4.46. The lowest BCUT2D eigenvalue weighted by molar-refractivity contribution is -0.262. The molecule has 1 aliphatic heterocycles. The molecule has 1 N–H and O–H groups in total. The van der Waals surface area contributed by atoms with Crippen LogP contribution in [0.2, 0.25) is 0 Å². The summed E-state index contributed by atoms with van der Waals surface area (Å²) >= 11 is 0. The van der Waals surface area contributed by atoms with E-state index in [1.54, 1.807) is 24.3 Å². The standard InChI is InChI=1S/C15H10F3NO3/c1-8(20)22-14(15(16,17)18)11-7-6-9-4-2-3-5-10(9)12(11)19-13(14)21/h2-7H,1H3,(H,19,21)/t14-/m1/s1. The average Bonchev–Trinajstić information content (AvgIpc) is 2.72. The van der Waals surface area contributed by atoms with E-state index in [2.05, 4.69) is 10.1 Å². The molecule has 0 saturated heterocycles. The van der Waals surface area contributed by atoms with Crippen LogP contribution in [0.15, 0.2) is 36.4 Å². The number of hydrogen-bond donors (Lipinski definition) is 1. The van der Waals surface area contributed by atoms with Crippen molar-refractivity contribution in [3.05, 3.63) is 42.0 Å². The molecule has 2 aromatic carbocycles. The second-order valence-corrected chi connectivity index (χ2v) is 4.94. The molecule has 7 heteroatoms. The predicted molar refractivity (Wildman–Crippen MR) is 72.1 cm³/mol. The summed E-state index contributed by atoms with van der Waals surface area (Å²) in [5.74, 6) is -2.60. The minimum Gasteiger partial charge on any atom is -0.434 e. The summed E-state index contributed by atoms with van der Waals surface area (Å²) in [5.41, 5.74) is -3.70. The van der Waals surface area contributed by atoms with Gasteiger partial charge in [-0.1, -0.05) is 36.4 Å². The van der Waals surface area contributed by atoms with Gasteiger partial charge in [-0.05, 0) is 5.39 Å². The molecule has 0 saturated carbocycles. The van der Waals surface area contributed by atoms with Gasteiger partial charge in [-0.15, -0.1) is 0 Å². The molecular weight excluding hydrogens is 299 g/mol. The Morgan fingerprint density at radius 3 is 2.50 bits per heavy atom. The van der Waals surface area contributed by atoms with Crippen molar-refractivity contribution < 1.29 is 27.5 Å². The summed E-state index contributed by atoms with van der Waals surface area (Å²) in [7, 11) is 0. The molecule has 1 amide bonds. The quantitative estimate of drug-likeness (QED) is 0.824. The van der Waals surface area contributed by atoms with Crippen LogP contribution in [0, 0.1) is 0 Å². The Morgan fingerprint density at radius 2 is 1.86 bits per heavy atom. The van der Waals surface area contributed by atoms with Crippen LogP contribution in [-0.2, 0) is 19.9 Å². The third-order valence-electron chi connectivity index (χ3n) is 3.56.